The van der Waals surface area contributed by atoms with Crippen molar-refractivity contribution in [2.45, 2.75) is 77.5 Å². The third-order valence-electron chi connectivity index (χ3n) is 9.64. The van der Waals surface area contributed by atoms with Gasteiger partial charge in [0, 0.05) is 55.0 Å². The molecule has 0 spiro atoms. The lowest BCUT2D eigenvalue weighted by Crippen LogP contribution is -2.50. The number of piperidine rings is 1. The second kappa shape index (κ2) is 13.9. The van der Waals surface area contributed by atoms with Crippen LogP contribution in [0.4, 0.5) is 5.82 Å². The van der Waals surface area contributed by atoms with Crippen LogP contribution in [0, 0.1) is 6.92 Å². The fourth-order valence-corrected chi connectivity index (χ4v) is 7.08. The summed E-state index contributed by atoms with van der Waals surface area (Å²) >= 11 is 0. The standard InChI is InChI=1S/C36H45N5O4/c1-4-40(5-2)17-19-44-31-12-6-25(7-13-31)22-38-35(42)27-9-15-33(37-23-27)41-29-10-11-30(41)21-28(20-29)39-36(43)32-14-8-26-16-18-45-34(26)24(32)3/h6-9,12-15,23,28-30H,4-5,10-11,16-22H2,1-3H3,(H,38,42)(H,39,43). The molecule has 2 unspecified atom stereocenters. The molecule has 2 aromatic carbocycles. The van der Waals surface area contributed by atoms with Crippen molar-refractivity contribution in [3.05, 3.63) is 82.5 Å². The molecule has 2 bridgehead atoms. The van der Waals surface area contributed by atoms with Crippen LogP contribution in [0.1, 0.15) is 76.9 Å². The number of aromatic nitrogens is 1. The summed E-state index contributed by atoms with van der Waals surface area (Å²) in [7, 11) is 0. The number of likely N-dealkylation sites (N-methyl/N-ethyl adjacent to an activating group) is 1. The number of carbonyl (C=O) groups excluding carboxylic acids is 2. The molecule has 3 aromatic rings. The fraction of sp³-hybridized carbons (Fsp3) is 0.472. The molecule has 238 valence electrons. The Hall–Kier alpha value is -4.11. The Balaban J connectivity index is 0.986. The van der Waals surface area contributed by atoms with Crippen LogP contribution < -0.4 is 25.0 Å². The molecule has 3 aliphatic heterocycles. The highest BCUT2D eigenvalue weighted by molar-refractivity contribution is 5.97. The van der Waals surface area contributed by atoms with Crippen LogP contribution in [0.3, 0.4) is 0 Å². The van der Waals surface area contributed by atoms with Gasteiger partial charge in [0.1, 0.15) is 23.9 Å². The van der Waals surface area contributed by atoms with Crippen molar-refractivity contribution < 1.29 is 19.1 Å². The third-order valence-corrected chi connectivity index (χ3v) is 9.64. The van der Waals surface area contributed by atoms with E-state index >= 15 is 0 Å². The topological polar surface area (TPSA) is 96.0 Å². The number of benzene rings is 2. The summed E-state index contributed by atoms with van der Waals surface area (Å²) in [4.78, 5) is 35.5. The summed E-state index contributed by atoms with van der Waals surface area (Å²) in [5.41, 5.74) is 4.37. The van der Waals surface area contributed by atoms with Gasteiger partial charge >= 0.3 is 0 Å². The van der Waals surface area contributed by atoms with Crippen molar-refractivity contribution in [3.8, 4) is 11.5 Å². The van der Waals surface area contributed by atoms with Crippen molar-refractivity contribution in [3.63, 3.8) is 0 Å². The van der Waals surface area contributed by atoms with E-state index in [0.717, 1.165) is 80.2 Å². The lowest BCUT2D eigenvalue weighted by molar-refractivity contribution is 0.0923. The smallest absolute Gasteiger partial charge is 0.253 e. The maximum absolute atomic E-state index is 13.2. The Morgan fingerprint density at radius 1 is 1.00 bits per heavy atom. The minimum atomic E-state index is -0.148. The van der Waals surface area contributed by atoms with Crippen LogP contribution in [0.5, 0.6) is 11.5 Å². The molecule has 1 aromatic heterocycles. The summed E-state index contributed by atoms with van der Waals surface area (Å²) in [5.74, 6) is 2.44. The van der Waals surface area contributed by atoms with E-state index in [-0.39, 0.29) is 17.9 Å². The molecule has 2 atom stereocenters. The van der Waals surface area contributed by atoms with Gasteiger partial charge in [0.25, 0.3) is 11.8 Å². The lowest BCUT2D eigenvalue weighted by atomic mass is 9.96. The highest BCUT2D eigenvalue weighted by Gasteiger charge is 2.42. The van der Waals surface area contributed by atoms with Gasteiger partial charge in [-0.15, -0.1) is 0 Å². The van der Waals surface area contributed by atoms with E-state index in [1.54, 1.807) is 6.20 Å². The Kier molecular flexibility index (Phi) is 9.54. The Labute approximate surface area is 266 Å². The first-order valence-electron chi connectivity index (χ1n) is 16.5. The van der Waals surface area contributed by atoms with Crippen molar-refractivity contribution in [2.24, 2.45) is 0 Å². The fourth-order valence-electron chi connectivity index (χ4n) is 7.08. The molecular formula is C36H45N5O4. The first-order valence-corrected chi connectivity index (χ1v) is 16.5. The number of hydrogen-bond acceptors (Lipinski definition) is 7. The van der Waals surface area contributed by atoms with Crippen molar-refractivity contribution in [2.75, 3.05) is 37.7 Å². The van der Waals surface area contributed by atoms with Crippen molar-refractivity contribution in [1.29, 1.82) is 0 Å². The molecule has 0 radical (unpaired) electrons. The van der Waals surface area contributed by atoms with Crippen LogP contribution in [-0.4, -0.2) is 72.7 Å². The highest BCUT2D eigenvalue weighted by atomic mass is 16.5. The summed E-state index contributed by atoms with van der Waals surface area (Å²) in [6.45, 7) is 11.0. The molecule has 2 N–H and O–H groups in total. The molecule has 0 aliphatic carbocycles. The number of rotatable bonds is 12. The van der Waals surface area contributed by atoms with E-state index in [0.29, 0.717) is 43.0 Å². The minimum absolute atomic E-state index is 0.0210. The molecule has 45 heavy (non-hydrogen) atoms. The number of pyridine rings is 1. The molecule has 2 saturated heterocycles. The van der Waals surface area contributed by atoms with Crippen LogP contribution in [-0.2, 0) is 13.0 Å². The van der Waals surface area contributed by atoms with E-state index in [2.05, 4.69) is 34.3 Å². The zero-order chi connectivity index (χ0) is 31.3. The van der Waals surface area contributed by atoms with E-state index in [1.165, 1.54) is 5.56 Å². The Morgan fingerprint density at radius 2 is 1.76 bits per heavy atom. The van der Waals surface area contributed by atoms with Gasteiger partial charge in [-0.3, -0.25) is 9.59 Å². The van der Waals surface area contributed by atoms with Crippen LogP contribution in [0.15, 0.2) is 54.7 Å². The Bertz CT molecular complexity index is 1470. The molecule has 9 nitrogen and oxygen atoms in total. The molecule has 3 aliphatic rings. The van der Waals surface area contributed by atoms with Gasteiger partial charge in [0.15, 0.2) is 0 Å². The number of nitrogens with one attached hydrogen (secondary N) is 2. The van der Waals surface area contributed by atoms with Crippen LogP contribution in [0.2, 0.25) is 0 Å². The molecule has 9 heteroatoms. The molecule has 2 fully saturated rings. The average molecular weight is 612 g/mol. The van der Waals surface area contributed by atoms with Gasteiger partial charge in [0.05, 0.1) is 12.2 Å². The third kappa shape index (κ3) is 6.93. The van der Waals surface area contributed by atoms with Gasteiger partial charge < -0.3 is 29.9 Å². The maximum atomic E-state index is 13.2. The lowest BCUT2D eigenvalue weighted by Gasteiger charge is -2.40. The number of carbonyl (C=O) groups is 2. The number of ether oxygens (including phenoxy) is 2. The van der Waals surface area contributed by atoms with E-state index in [4.69, 9.17) is 14.5 Å². The SMILES string of the molecule is CCN(CC)CCOc1ccc(CNC(=O)c2ccc(N3C4CCC3CC(NC(=O)c3ccc5c(c3C)OCC5)C4)nc2)cc1. The first-order chi connectivity index (χ1) is 21.9. The highest BCUT2D eigenvalue weighted by Crippen LogP contribution is 2.39. The number of fused-ring (bicyclic) bond motifs is 3. The predicted octanol–water partition coefficient (Wildman–Crippen LogP) is 4.91. The average Bonchev–Trinajstić information content (AvgIpc) is 3.65. The second-order valence-corrected chi connectivity index (χ2v) is 12.4. The van der Waals surface area contributed by atoms with Gasteiger partial charge in [0.2, 0.25) is 0 Å². The summed E-state index contributed by atoms with van der Waals surface area (Å²) in [5, 5.41) is 6.31. The van der Waals surface area contributed by atoms with Gasteiger partial charge in [-0.05, 0) is 87.2 Å². The quantitative estimate of drug-likeness (QED) is 0.301. The summed E-state index contributed by atoms with van der Waals surface area (Å²) in [6, 6.07) is 16.4. The number of anilines is 1. The van der Waals surface area contributed by atoms with E-state index in [1.807, 2.05) is 55.5 Å². The normalized spacial score (nSPS) is 20.1. The van der Waals surface area contributed by atoms with Gasteiger partial charge in [-0.25, -0.2) is 4.98 Å². The first kappa shape index (κ1) is 30.9. The largest absolute Gasteiger partial charge is 0.493 e. The summed E-state index contributed by atoms with van der Waals surface area (Å²) in [6.07, 6.45) is 6.49. The van der Waals surface area contributed by atoms with Crippen molar-refractivity contribution >= 4 is 17.6 Å². The van der Waals surface area contributed by atoms with Crippen LogP contribution >= 0.6 is 0 Å². The predicted molar refractivity (Wildman–Crippen MR) is 175 cm³/mol. The van der Waals surface area contributed by atoms with Crippen molar-refractivity contribution in [1.82, 2.24) is 20.5 Å². The zero-order valence-electron chi connectivity index (χ0n) is 26.7. The van der Waals surface area contributed by atoms with E-state index in [9.17, 15) is 9.59 Å². The molecule has 6 rings (SSSR count). The number of nitrogens with zero attached hydrogens (tertiary/aromatic N) is 3. The van der Waals surface area contributed by atoms with Crippen LogP contribution in [0.25, 0.3) is 0 Å². The zero-order valence-corrected chi connectivity index (χ0v) is 26.7. The molecule has 0 saturated carbocycles. The minimum Gasteiger partial charge on any atom is -0.493 e. The molecule has 2 amide bonds. The van der Waals surface area contributed by atoms with Gasteiger partial charge in [-0.2, -0.15) is 0 Å². The van der Waals surface area contributed by atoms with E-state index < -0.39 is 0 Å². The molecular weight excluding hydrogens is 566 g/mol. The number of amides is 2. The second-order valence-electron chi connectivity index (χ2n) is 12.4. The van der Waals surface area contributed by atoms with Gasteiger partial charge in [-0.1, -0.05) is 32.0 Å². The maximum Gasteiger partial charge on any atom is 0.253 e. The summed E-state index contributed by atoms with van der Waals surface area (Å²) < 4.78 is 11.6. The molecule has 4 heterocycles. The monoisotopic (exact) mass is 611 g/mol. The Morgan fingerprint density at radius 3 is 2.44 bits per heavy atom. The number of hydrogen-bond donors (Lipinski definition) is 2.